The van der Waals surface area contributed by atoms with Gasteiger partial charge in [0.1, 0.15) is 11.3 Å². The molecule has 1 amide bonds. The lowest BCUT2D eigenvalue weighted by Crippen LogP contribution is -2.13. The monoisotopic (exact) mass is 230 g/mol. The van der Waals surface area contributed by atoms with Crippen LogP contribution in [-0.4, -0.2) is 10.9 Å². The number of pyridine rings is 1. The molecule has 0 saturated carbocycles. The third-order valence-corrected chi connectivity index (χ3v) is 3.17. The summed E-state index contributed by atoms with van der Waals surface area (Å²) in [5.74, 6) is -0.445. The zero-order valence-corrected chi connectivity index (χ0v) is 9.60. The minimum absolute atomic E-state index is 0.117. The van der Waals surface area contributed by atoms with Gasteiger partial charge in [-0.25, -0.2) is 9.37 Å². The van der Waals surface area contributed by atoms with Gasteiger partial charge in [-0.3, -0.25) is 4.79 Å². The van der Waals surface area contributed by atoms with Crippen molar-refractivity contribution < 1.29 is 9.18 Å². The van der Waals surface area contributed by atoms with Crippen LogP contribution in [0.1, 0.15) is 27.2 Å². The number of amides is 1. The molecule has 1 aromatic heterocycles. The lowest BCUT2D eigenvalue weighted by molar-refractivity contribution is 0.0965. The zero-order chi connectivity index (χ0) is 12.2. The fourth-order valence-corrected chi connectivity index (χ4v) is 2.36. The van der Waals surface area contributed by atoms with Gasteiger partial charge in [0.15, 0.2) is 0 Å². The van der Waals surface area contributed by atoms with Crippen LogP contribution in [0.3, 0.4) is 0 Å². The van der Waals surface area contributed by atoms with E-state index in [4.69, 9.17) is 0 Å². The summed E-state index contributed by atoms with van der Waals surface area (Å²) >= 11 is 0. The van der Waals surface area contributed by atoms with Crippen molar-refractivity contribution in [1.29, 1.82) is 0 Å². The van der Waals surface area contributed by atoms with Gasteiger partial charge in [-0.15, -0.1) is 0 Å². The molecule has 0 fully saturated rings. The highest BCUT2D eigenvalue weighted by Gasteiger charge is 2.25. The van der Waals surface area contributed by atoms with Crippen LogP contribution in [0.5, 0.6) is 0 Å². The number of hydrogen-bond donors (Lipinski definition) is 1. The molecule has 1 N–H and O–H groups in total. The molecule has 1 aromatic carbocycles. The zero-order valence-electron chi connectivity index (χ0n) is 9.60. The predicted molar refractivity (Wildman–Crippen MR) is 62.3 cm³/mol. The van der Waals surface area contributed by atoms with Crippen LogP contribution in [0.2, 0.25) is 0 Å². The molecule has 0 spiro atoms. The molecule has 0 atom stereocenters. The quantitative estimate of drug-likeness (QED) is 0.754. The molecule has 2 aromatic rings. The summed E-state index contributed by atoms with van der Waals surface area (Å²) in [6.07, 6.45) is 0. The summed E-state index contributed by atoms with van der Waals surface area (Å²) in [6, 6.07) is 3.33. The predicted octanol–water partition coefficient (Wildman–Crippen LogP) is 2.23. The first-order chi connectivity index (χ1) is 8.08. The summed E-state index contributed by atoms with van der Waals surface area (Å²) in [5, 5.41) is 3.43. The first kappa shape index (κ1) is 10.2. The number of fused-ring (bicyclic) bond motifs is 2. The number of rotatable bonds is 0. The van der Waals surface area contributed by atoms with Gasteiger partial charge in [0.25, 0.3) is 5.91 Å². The van der Waals surface area contributed by atoms with Gasteiger partial charge in [0, 0.05) is 5.39 Å². The molecule has 17 heavy (non-hydrogen) atoms. The molecule has 3 nitrogen and oxygen atoms in total. The smallest absolute Gasteiger partial charge is 0.253 e. The van der Waals surface area contributed by atoms with Crippen LogP contribution >= 0.6 is 0 Å². The van der Waals surface area contributed by atoms with Gasteiger partial charge < -0.3 is 5.32 Å². The Bertz CT molecular complexity index is 664. The number of halogens is 1. The maximum Gasteiger partial charge on any atom is 0.253 e. The highest BCUT2D eigenvalue weighted by molar-refractivity contribution is 6.03. The van der Waals surface area contributed by atoms with Gasteiger partial charge in [-0.05, 0) is 37.1 Å². The van der Waals surface area contributed by atoms with Crippen LogP contribution in [0.15, 0.2) is 12.1 Å². The maximum atomic E-state index is 13.8. The molecular weight excluding hydrogens is 219 g/mol. The van der Waals surface area contributed by atoms with Gasteiger partial charge in [-0.2, -0.15) is 0 Å². The average molecular weight is 230 g/mol. The largest absolute Gasteiger partial charge is 0.346 e. The van der Waals surface area contributed by atoms with Crippen molar-refractivity contribution in [1.82, 2.24) is 10.3 Å². The second-order valence-corrected chi connectivity index (χ2v) is 4.38. The van der Waals surface area contributed by atoms with Crippen molar-refractivity contribution in [2.75, 3.05) is 0 Å². The van der Waals surface area contributed by atoms with E-state index in [1.165, 1.54) is 6.07 Å². The minimum atomic E-state index is -0.328. The number of hydrogen-bond acceptors (Lipinski definition) is 2. The molecule has 0 unspecified atom stereocenters. The Morgan fingerprint density at radius 2 is 2.12 bits per heavy atom. The van der Waals surface area contributed by atoms with E-state index >= 15 is 0 Å². The van der Waals surface area contributed by atoms with Crippen LogP contribution in [0.25, 0.3) is 10.9 Å². The van der Waals surface area contributed by atoms with E-state index in [9.17, 15) is 9.18 Å². The molecule has 4 heteroatoms. The summed E-state index contributed by atoms with van der Waals surface area (Å²) in [5.41, 5.74) is 3.23. The van der Waals surface area contributed by atoms with Crippen molar-refractivity contribution >= 4 is 16.8 Å². The van der Waals surface area contributed by atoms with Gasteiger partial charge >= 0.3 is 0 Å². The van der Waals surface area contributed by atoms with Crippen molar-refractivity contribution in [3.63, 3.8) is 0 Å². The van der Waals surface area contributed by atoms with Gasteiger partial charge in [0.05, 0.1) is 17.8 Å². The third-order valence-electron chi connectivity index (χ3n) is 3.17. The van der Waals surface area contributed by atoms with Crippen molar-refractivity contribution in [2.45, 2.75) is 20.4 Å². The molecular formula is C13H11FN2O. The summed E-state index contributed by atoms with van der Waals surface area (Å²) in [7, 11) is 0. The molecule has 0 bridgehead atoms. The average Bonchev–Trinajstić information content (AvgIpc) is 2.63. The number of nitrogens with zero attached hydrogens (tertiary/aromatic N) is 1. The topological polar surface area (TPSA) is 42.0 Å². The van der Waals surface area contributed by atoms with E-state index in [2.05, 4.69) is 10.3 Å². The highest BCUT2D eigenvalue weighted by atomic mass is 19.1. The van der Waals surface area contributed by atoms with Crippen LogP contribution < -0.4 is 5.32 Å². The van der Waals surface area contributed by atoms with Crippen molar-refractivity contribution in [3.05, 3.63) is 40.3 Å². The van der Waals surface area contributed by atoms with Crippen LogP contribution in [-0.2, 0) is 6.54 Å². The lowest BCUT2D eigenvalue weighted by atomic mass is 10.0. The first-order valence-electron chi connectivity index (χ1n) is 5.45. The Balaban J connectivity index is 2.48. The Labute approximate surface area is 97.7 Å². The fraction of sp³-hybridized carbons (Fsp3) is 0.231. The first-order valence-corrected chi connectivity index (χ1v) is 5.45. The Hall–Kier alpha value is -1.97. The third kappa shape index (κ3) is 1.33. The molecule has 1 aliphatic heterocycles. The Morgan fingerprint density at radius 1 is 1.35 bits per heavy atom. The van der Waals surface area contributed by atoms with E-state index in [-0.39, 0.29) is 11.7 Å². The second-order valence-electron chi connectivity index (χ2n) is 4.38. The number of carbonyl (C=O) groups excluding carboxylic acids is 1. The molecule has 0 aliphatic carbocycles. The lowest BCUT2D eigenvalue weighted by Gasteiger charge is -2.08. The number of nitrogens with one attached hydrogen (secondary N) is 1. The molecule has 3 rings (SSSR count). The van der Waals surface area contributed by atoms with Gasteiger partial charge in [0.2, 0.25) is 0 Å². The number of benzene rings is 1. The Morgan fingerprint density at radius 3 is 2.88 bits per heavy atom. The summed E-state index contributed by atoms with van der Waals surface area (Å²) < 4.78 is 13.8. The number of aryl methyl sites for hydroxylation is 2. The minimum Gasteiger partial charge on any atom is -0.346 e. The maximum absolute atomic E-state index is 13.8. The van der Waals surface area contributed by atoms with Crippen LogP contribution in [0, 0.1) is 19.7 Å². The SMILES string of the molecule is Cc1cc(F)c2nc3c(c(C)c2c1)C(=O)NC3. The molecule has 0 radical (unpaired) electrons. The van der Waals surface area contributed by atoms with E-state index in [0.717, 1.165) is 16.5 Å². The normalized spacial score (nSPS) is 13.9. The van der Waals surface area contributed by atoms with Crippen molar-refractivity contribution in [3.8, 4) is 0 Å². The summed E-state index contributed by atoms with van der Waals surface area (Å²) in [6.45, 7) is 4.06. The van der Waals surface area contributed by atoms with Crippen molar-refractivity contribution in [2.24, 2.45) is 0 Å². The van der Waals surface area contributed by atoms with E-state index < -0.39 is 0 Å². The van der Waals surface area contributed by atoms with E-state index in [1.54, 1.807) is 0 Å². The van der Waals surface area contributed by atoms with Crippen LogP contribution in [0.4, 0.5) is 4.39 Å². The number of aromatic nitrogens is 1. The highest BCUT2D eigenvalue weighted by Crippen LogP contribution is 2.28. The van der Waals surface area contributed by atoms with E-state index in [0.29, 0.717) is 23.3 Å². The molecule has 1 aliphatic rings. The second kappa shape index (κ2) is 3.26. The fourth-order valence-electron chi connectivity index (χ4n) is 2.36. The Kier molecular flexibility index (Phi) is 1.96. The molecule has 2 heterocycles. The standard InChI is InChI=1S/C13H11FN2O/c1-6-3-8-7(2)11-10(5-15-13(11)17)16-12(8)9(14)4-6/h3-4H,5H2,1-2H3,(H,15,17). The molecule has 86 valence electrons. The molecule has 0 saturated heterocycles. The number of carbonyl (C=O) groups is 1. The van der Waals surface area contributed by atoms with Gasteiger partial charge in [-0.1, -0.05) is 0 Å². The van der Waals surface area contributed by atoms with E-state index in [1.807, 2.05) is 19.9 Å². The summed E-state index contributed by atoms with van der Waals surface area (Å²) in [4.78, 5) is 15.9.